The molecule has 0 aliphatic heterocycles. The fourth-order valence-electron chi connectivity index (χ4n) is 1.80. The number of nitrogen functional groups attached to an aromatic ring is 1. The van der Waals surface area contributed by atoms with Crippen LogP contribution in [0.25, 0.3) is 11.0 Å². The zero-order valence-electron chi connectivity index (χ0n) is 9.96. The van der Waals surface area contributed by atoms with Gasteiger partial charge >= 0.3 is 0 Å². The maximum atomic E-state index is 12.0. The van der Waals surface area contributed by atoms with E-state index in [0.29, 0.717) is 17.0 Å². The Balaban J connectivity index is 1.89. The van der Waals surface area contributed by atoms with Crippen molar-refractivity contribution in [2.75, 3.05) is 11.1 Å². The molecule has 0 saturated carbocycles. The maximum absolute atomic E-state index is 12.0. The largest absolute Gasteiger partial charge is 0.451 e. The minimum absolute atomic E-state index is 0.248. The summed E-state index contributed by atoms with van der Waals surface area (Å²) in [6.45, 7) is 0. The molecule has 2 aromatic heterocycles. The van der Waals surface area contributed by atoms with E-state index >= 15 is 0 Å². The van der Waals surface area contributed by atoms with Crippen molar-refractivity contribution in [3.8, 4) is 0 Å². The van der Waals surface area contributed by atoms with E-state index in [1.54, 1.807) is 48.8 Å². The molecule has 0 fully saturated rings. The minimum Gasteiger partial charge on any atom is -0.451 e. The molecule has 0 aliphatic carbocycles. The van der Waals surface area contributed by atoms with E-state index in [2.05, 4.69) is 10.3 Å². The molecular formula is C14H11N3O2. The van der Waals surface area contributed by atoms with Gasteiger partial charge in [-0.2, -0.15) is 0 Å². The lowest BCUT2D eigenvalue weighted by Crippen LogP contribution is -2.10. The van der Waals surface area contributed by atoms with Crippen molar-refractivity contribution >= 4 is 28.3 Å². The van der Waals surface area contributed by atoms with Crippen LogP contribution in [0.4, 0.5) is 11.4 Å². The summed E-state index contributed by atoms with van der Waals surface area (Å²) in [4.78, 5) is 15.9. The van der Waals surface area contributed by atoms with E-state index in [-0.39, 0.29) is 11.7 Å². The van der Waals surface area contributed by atoms with Crippen molar-refractivity contribution in [1.82, 2.24) is 4.98 Å². The SMILES string of the molecule is Nc1ccc2oc(C(=O)Nc3ccncc3)cc2c1. The number of rotatable bonds is 2. The summed E-state index contributed by atoms with van der Waals surface area (Å²) in [7, 11) is 0. The Morgan fingerprint density at radius 1 is 1.16 bits per heavy atom. The quantitative estimate of drug-likeness (QED) is 0.688. The summed E-state index contributed by atoms with van der Waals surface area (Å²) in [5.74, 6) is -0.0571. The molecule has 0 unspecified atom stereocenters. The fourth-order valence-corrected chi connectivity index (χ4v) is 1.80. The van der Waals surface area contributed by atoms with Crippen LogP contribution in [0.2, 0.25) is 0 Å². The normalized spacial score (nSPS) is 10.5. The number of anilines is 2. The number of fused-ring (bicyclic) bond motifs is 1. The van der Waals surface area contributed by atoms with Crippen LogP contribution in [0.3, 0.4) is 0 Å². The van der Waals surface area contributed by atoms with Crippen LogP contribution in [-0.4, -0.2) is 10.9 Å². The third-order valence-corrected chi connectivity index (χ3v) is 2.70. The molecule has 94 valence electrons. The first-order valence-electron chi connectivity index (χ1n) is 5.73. The van der Waals surface area contributed by atoms with Crippen LogP contribution in [0.1, 0.15) is 10.6 Å². The molecule has 5 heteroatoms. The smallest absolute Gasteiger partial charge is 0.291 e. The summed E-state index contributed by atoms with van der Waals surface area (Å²) in [6.07, 6.45) is 3.21. The van der Waals surface area contributed by atoms with E-state index in [0.717, 1.165) is 5.39 Å². The fraction of sp³-hybridized carbons (Fsp3) is 0. The van der Waals surface area contributed by atoms with Crippen LogP contribution in [0.15, 0.2) is 53.2 Å². The number of nitrogens with zero attached hydrogens (tertiary/aromatic N) is 1. The van der Waals surface area contributed by atoms with E-state index in [1.807, 2.05) is 0 Å². The molecule has 0 aliphatic rings. The Morgan fingerprint density at radius 2 is 1.95 bits per heavy atom. The number of furan rings is 1. The zero-order valence-corrected chi connectivity index (χ0v) is 9.96. The van der Waals surface area contributed by atoms with Gasteiger partial charge < -0.3 is 15.5 Å². The van der Waals surface area contributed by atoms with Gasteiger partial charge in [0.2, 0.25) is 0 Å². The van der Waals surface area contributed by atoms with Gasteiger partial charge in [-0.3, -0.25) is 9.78 Å². The highest BCUT2D eigenvalue weighted by molar-refractivity contribution is 6.04. The van der Waals surface area contributed by atoms with Crippen LogP contribution in [0.5, 0.6) is 0 Å². The summed E-state index contributed by atoms with van der Waals surface area (Å²) < 4.78 is 5.47. The Kier molecular flexibility index (Phi) is 2.64. The van der Waals surface area contributed by atoms with Gasteiger partial charge in [-0.05, 0) is 36.4 Å². The van der Waals surface area contributed by atoms with E-state index in [1.165, 1.54) is 0 Å². The lowest BCUT2D eigenvalue weighted by atomic mass is 10.2. The zero-order chi connectivity index (χ0) is 13.2. The molecule has 0 bridgehead atoms. The number of carbonyl (C=O) groups is 1. The highest BCUT2D eigenvalue weighted by Crippen LogP contribution is 2.22. The van der Waals surface area contributed by atoms with Crippen molar-refractivity contribution in [3.63, 3.8) is 0 Å². The molecule has 3 rings (SSSR count). The van der Waals surface area contributed by atoms with Gasteiger partial charge in [0.25, 0.3) is 5.91 Å². The molecule has 2 heterocycles. The Labute approximate surface area is 109 Å². The number of pyridine rings is 1. The molecule has 19 heavy (non-hydrogen) atoms. The first kappa shape index (κ1) is 11.3. The van der Waals surface area contributed by atoms with E-state index in [4.69, 9.17) is 10.2 Å². The number of nitrogens with two attached hydrogens (primary N) is 1. The monoisotopic (exact) mass is 253 g/mol. The van der Waals surface area contributed by atoms with Gasteiger partial charge in [-0.25, -0.2) is 0 Å². The first-order valence-corrected chi connectivity index (χ1v) is 5.73. The maximum Gasteiger partial charge on any atom is 0.291 e. The third kappa shape index (κ3) is 2.26. The first-order chi connectivity index (χ1) is 9.22. The molecule has 3 N–H and O–H groups in total. The molecule has 0 radical (unpaired) electrons. The lowest BCUT2D eigenvalue weighted by Gasteiger charge is -2.01. The van der Waals surface area contributed by atoms with Gasteiger partial charge in [0.15, 0.2) is 5.76 Å². The molecule has 5 nitrogen and oxygen atoms in total. The Morgan fingerprint density at radius 3 is 2.74 bits per heavy atom. The lowest BCUT2D eigenvalue weighted by molar-refractivity contribution is 0.0998. The van der Waals surface area contributed by atoms with Crippen LogP contribution in [-0.2, 0) is 0 Å². The van der Waals surface area contributed by atoms with Crippen LogP contribution < -0.4 is 11.1 Å². The topological polar surface area (TPSA) is 81.1 Å². The number of hydrogen-bond donors (Lipinski definition) is 2. The van der Waals surface area contributed by atoms with Crippen molar-refractivity contribution in [2.24, 2.45) is 0 Å². The molecule has 0 spiro atoms. The minimum atomic E-state index is -0.305. The predicted octanol–water partition coefficient (Wildman–Crippen LogP) is 2.66. The van der Waals surface area contributed by atoms with E-state index in [9.17, 15) is 4.79 Å². The highest BCUT2D eigenvalue weighted by atomic mass is 16.3. The molecule has 1 amide bonds. The second-order valence-corrected chi connectivity index (χ2v) is 4.10. The average Bonchev–Trinajstić information content (AvgIpc) is 2.83. The van der Waals surface area contributed by atoms with Crippen molar-refractivity contribution in [1.29, 1.82) is 0 Å². The van der Waals surface area contributed by atoms with Crippen LogP contribution in [0, 0.1) is 0 Å². The van der Waals surface area contributed by atoms with Gasteiger partial charge in [-0.15, -0.1) is 0 Å². The number of aromatic nitrogens is 1. The molecule has 0 atom stereocenters. The van der Waals surface area contributed by atoms with Gasteiger partial charge in [0.1, 0.15) is 5.58 Å². The third-order valence-electron chi connectivity index (χ3n) is 2.70. The number of carbonyl (C=O) groups excluding carboxylic acids is 1. The number of benzene rings is 1. The van der Waals surface area contributed by atoms with Crippen molar-refractivity contribution in [2.45, 2.75) is 0 Å². The standard InChI is InChI=1S/C14H11N3O2/c15-10-1-2-12-9(7-10)8-13(19-12)14(18)17-11-3-5-16-6-4-11/h1-8H,15H2,(H,16,17,18). The number of amides is 1. The molecular weight excluding hydrogens is 242 g/mol. The van der Waals surface area contributed by atoms with Crippen molar-refractivity contribution in [3.05, 3.63) is 54.6 Å². The second-order valence-electron chi connectivity index (χ2n) is 4.10. The van der Waals surface area contributed by atoms with Gasteiger partial charge in [0.05, 0.1) is 0 Å². The summed E-state index contributed by atoms with van der Waals surface area (Å²) in [6, 6.07) is 10.3. The average molecular weight is 253 g/mol. The molecule has 0 saturated heterocycles. The van der Waals surface area contributed by atoms with Crippen LogP contribution >= 0.6 is 0 Å². The summed E-state index contributed by atoms with van der Waals surface area (Å²) >= 11 is 0. The number of hydrogen-bond acceptors (Lipinski definition) is 4. The van der Waals surface area contributed by atoms with Crippen molar-refractivity contribution < 1.29 is 9.21 Å². The van der Waals surface area contributed by atoms with Gasteiger partial charge in [0, 0.05) is 29.2 Å². The highest BCUT2D eigenvalue weighted by Gasteiger charge is 2.12. The summed E-state index contributed by atoms with van der Waals surface area (Å²) in [5.41, 5.74) is 7.62. The number of nitrogens with one attached hydrogen (secondary N) is 1. The summed E-state index contributed by atoms with van der Waals surface area (Å²) in [5, 5.41) is 3.54. The molecule has 1 aromatic carbocycles. The predicted molar refractivity (Wildman–Crippen MR) is 72.8 cm³/mol. The Bertz CT molecular complexity index is 735. The van der Waals surface area contributed by atoms with E-state index < -0.39 is 0 Å². The molecule has 3 aromatic rings. The second kappa shape index (κ2) is 4.45. The Hall–Kier alpha value is -2.82. The van der Waals surface area contributed by atoms with Gasteiger partial charge in [-0.1, -0.05) is 0 Å².